The Morgan fingerprint density at radius 1 is 1.22 bits per heavy atom. The Morgan fingerprint density at radius 3 is 2.81 bits per heavy atom. The second-order valence-electron chi connectivity index (χ2n) is 6.29. The summed E-state index contributed by atoms with van der Waals surface area (Å²) in [6.45, 7) is 1.91. The summed E-state index contributed by atoms with van der Waals surface area (Å²) in [7, 11) is -3.64. The van der Waals surface area contributed by atoms with Crippen molar-refractivity contribution in [3.8, 4) is 0 Å². The molecule has 0 atom stereocenters. The van der Waals surface area contributed by atoms with Gasteiger partial charge in [-0.25, -0.2) is 8.42 Å². The predicted molar refractivity (Wildman–Crippen MR) is 107 cm³/mol. The largest absolute Gasteiger partial charge is 0.326 e. The molecule has 2 aromatic rings. The maximum absolute atomic E-state index is 12.6. The molecule has 27 heavy (non-hydrogen) atoms. The molecule has 1 heterocycles. The molecule has 0 saturated carbocycles. The monoisotopic (exact) mass is 404 g/mol. The second kappa shape index (κ2) is 8.14. The molecule has 0 bridgehead atoms. The number of hydrogen-bond acceptors (Lipinski definition) is 5. The Bertz CT molecular complexity index is 987. The zero-order valence-electron chi connectivity index (χ0n) is 14.8. The summed E-state index contributed by atoms with van der Waals surface area (Å²) in [5.74, 6) is -0.134. The average Bonchev–Trinajstić information content (AvgIpc) is 2.80. The molecule has 0 spiro atoms. The average molecular weight is 405 g/mol. The summed E-state index contributed by atoms with van der Waals surface area (Å²) < 4.78 is 25.2. The van der Waals surface area contributed by atoms with Crippen LogP contribution in [0.25, 0.3) is 0 Å². The Morgan fingerprint density at radius 2 is 2.04 bits per heavy atom. The van der Waals surface area contributed by atoms with E-state index in [4.69, 9.17) is 0 Å². The first-order valence-electron chi connectivity index (χ1n) is 8.49. The highest BCUT2D eigenvalue weighted by molar-refractivity contribution is 7.99. The second-order valence-corrected chi connectivity index (χ2v) is 9.54. The highest BCUT2D eigenvalue weighted by atomic mass is 32.2. The molecule has 2 N–H and O–H groups in total. The maximum atomic E-state index is 12.6. The number of anilines is 2. The van der Waals surface area contributed by atoms with Gasteiger partial charge < -0.3 is 10.6 Å². The molecule has 0 saturated heterocycles. The van der Waals surface area contributed by atoms with Gasteiger partial charge in [0.25, 0.3) is 0 Å². The van der Waals surface area contributed by atoms with E-state index in [9.17, 15) is 18.0 Å². The fraction of sp³-hybridized carbons (Fsp3) is 0.263. The minimum Gasteiger partial charge on any atom is -0.326 e. The number of rotatable bonds is 5. The van der Waals surface area contributed by atoms with Crippen molar-refractivity contribution < 1.29 is 18.0 Å². The van der Waals surface area contributed by atoms with Gasteiger partial charge in [0.15, 0.2) is 9.84 Å². The molecule has 0 radical (unpaired) electrons. The zero-order valence-corrected chi connectivity index (χ0v) is 16.5. The van der Waals surface area contributed by atoms with Crippen LogP contribution in [-0.4, -0.2) is 31.7 Å². The van der Waals surface area contributed by atoms with Gasteiger partial charge in [-0.05, 0) is 42.8 Å². The standard InChI is InChI=1S/C19H20N2O4S2/c1-13-3-2-4-14(11-13)20-19(23)8-10-27(24,25)15-5-6-17-16(12-15)21-18(22)7-9-26-17/h2-6,11-12H,7-10H2,1H3,(H,20,23)(H,21,22). The van der Waals surface area contributed by atoms with Crippen LogP contribution in [0.5, 0.6) is 0 Å². The Hall–Kier alpha value is -2.32. The van der Waals surface area contributed by atoms with E-state index >= 15 is 0 Å². The normalized spacial score (nSPS) is 14.0. The number of aryl methyl sites for hydroxylation is 1. The van der Waals surface area contributed by atoms with Gasteiger partial charge in [-0.3, -0.25) is 9.59 Å². The third-order valence-electron chi connectivity index (χ3n) is 4.07. The number of carbonyl (C=O) groups excluding carboxylic acids is 2. The zero-order chi connectivity index (χ0) is 19.4. The number of carbonyl (C=O) groups is 2. The molecule has 142 valence electrons. The number of fused-ring (bicyclic) bond motifs is 1. The molecule has 1 aliphatic heterocycles. The van der Waals surface area contributed by atoms with E-state index < -0.39 is 9.84 Å². The van der Waals surface area contributed by atoms with Crippen LogP contribution in [0.1, 0.15) is 18.4 Å². The number of sulfone groups is 1. The number of thioether (sulfide) groups is 1. The lowest BCUT2D eigenvalue weighted by molar-refractivity contribution is -0.116. The number of amides is 2. The fourth-order valence-electron chi connectivity index (χ4n) is 2.68. The van der Waals surface area contributed by atoms with Gasteiger partial charge >= 0.3 is 0 Å². The summed E-state index contributed by atoms with van der Waals surface area (Å²) in [5, 5.41) is 5.44. The first-order valence-corrected chi connectivity index (χ1v) is 11.1. The summed E-state index contributed by atoms with van der Waals surface area (Å²) in [4.78, 5) is 24.7. The van der Waals surface area contributed by atoms with E-state index in [1.54, 1.807) is 12.1 Å². The van der Waals surface area contributed by atoms with Crippen LogP contribution in [0.4, 0.5) is 11.4 Å². The Kier molecular flexibility index (Phi) is 5.86. The van der Waals surface area contributed by atoms with Crippen LogP contribution >= 0.6 is 11.8 Å². The topological polar surface area (TPSA) is 92.3 Å². The number of benzene rings is 2. The van der Waals surface area contributed by atoms with Gasteiger partial charge in [0, 0.05) is 29.2 Å². The van der Waals surface area contributed by atoms with Crippen LogP contribution in [0, 0.1) is 6.92 Å². The molecular formula is C19H20N2O4S2. The lowest BCUT2D eigenvalue weighted by Gasteiger charge is -2.10. The Labute approximate surface area is 162 Å². The fourth-order valence-corrected chi connectivity index (χ4v) is 4.88. The van der Waals surface area contributed by atoms with Crippen molar-refractivity contribution in [1.29, 1.82) is 0 Å². The van der Waals surface area contributed by atoms with Crippen molar-refractivity contribution in [2.75, 3.05) is 22.1 Å². The van der Waals surface area contributed by atoms with Gasteiger partial charge in [-0.15, -0.1) is 11.8 Å². The molecule has 1 aliphatic rings. The predicted octanol–water partition coefficient (Wildman–Crippen LogP) is 3.23. The van der Waals surface area contributed by atoms with Gasteiger partial charge in [0.05, 0.1) is 16.3 Å². The molecule has 8 heteroatoms. The molecule has 2 aromatic carbocycles. The highest BCUT2D eigenvalue weighted by Crippen LogP contribution is 2.32. The van der Waals surface area contributed by atoms with Crippen molar-refractivity contribution in [1.82, 2.24) is 0 Å². The van der Waals surface area contributed by atoms with Crippen LogP contribution in [0.2, 0.25) is 0 Å². The third kappa shape index (κ3) is 5.11. The minimum atomic E-state index is -3.64. The van der Waals surface area contributed by atoms with Crippen molar-refractivity contribution in [3.05, 3.63) is 48.0 Å². The van der Waals surface area contributed by atoms with E-state index in [0.717, 1.165) is 10.5 Å². The number of hydrogen-bond donors (Lipinski definition) is 2. The van der Waals surface area contributed by atoms with Crippen molar-refractivity contribution in [3.63, 3.8) is 0 Å². The van der Waals surface area contributed by atoms with Crippen LogP contribution in [0.3, 0.4) is 0 Å². The third-order valence-corrected chi connectivity index (χ3v) is 6.86. The van der Waals surface area contributed by atoms with E-state index in [1.165, 1.54) is 23.9 Å². The van der Waals surface area contributed by atoms with E-state index in [2.05, 4.69) is 10.6 Å². The molecule has 0 fully saturated rings. The molecule has 2 amide bonds. The van der Waals surface area contributed by atoms with E-state index in [-0.39, 0.29) is 28.9 Å². The summed E-state index contributed by atoms with van der Waals surface area (Å²) in [6.07, 6.45) is 0.245. The molecule has 0 aliphatic carbocycles. The number of nitrogens with one attached hydrogen (secondary N) is 2. The van der Waals surface area contributed by atoms with Crippen molar-refractivity contribution >= 4 is 44.8 Å². The van der Waals surface area contributed by atoms with Gasteiger partial charge in [0.1, 0.15) is 0 Å². The van der Waals surface area contributed by atoms with Crippen LogP contribution in [0.15, 0.2) is 52.3 Å². The maximum Gasteiger partial charge on any atom is 0.225 e. The quantitative estimate of drug-likeness (QED) is 0.798. The van der Waals surface area contributed by atoms with Crippen molar-refractivity contribution in [2.45, 2.75) is 29.6 Å². The highest BCUT2D eigenvalue weighted by Gasteiger charge is 2.20. The molecule has 0 aromatic heterocycles. The smallest absolute Gasteiger partial charge is 0.225 e. The lowest BCUT2D eigenvalue weighted by atomic mass is 10.2. The minimum absolute atomic E-state index is 0.104. The first kappa shape index (κ1) is 19.4. The summed E-state index contributed by atoms with van der Waals surface area (Å²) in [5.41, 5.74) is 2.15. The van der Waals surface area contributed by atoms with Gasteiger partial charge in [0.2, 0.25) is 11.8 Å². The molecule has 3 rings (SSSR count). The van der Waals surface area contributed by atoms with Crippen molar-refractivity contribution in [2.24, 2.45) is 0 Å². The van der Waals surface area contributed by atoms with Crippen LogP contribution in [-0.2, 0) is 19.4 Å². The Balaban J connectivity index is 1.68. The lowest BCUT2D eigenvalue weighted by Crippen LogP contribution is -2.18. The van der Waals surface area contributed by atoms with Gasteiger partial charge in [-0.1, -0.05) is 12.1 Å². The summed E-state index contributed by atoms with van der Waals surface area (Å²) in [6, 6.07) is 12.0. The SMILES string of the molecule is Cc1cccc(NC(=O)CCS(=O)(=O)c2ccc3c(c2)NC(=O)CCS3)c1. The van der Waals surface area contributed by atoms with E-state index in [1.807, 2.05) is 25.1 Å². The summed E-state index contributed by atoms with van der Waals surface area (Å²) >= 11 is 1.51. The molecular weight excluding hydrogens is 384 g/mol. The molecule has 6 nitrogen and oxygen atoms in total. The van der Waals surface area contributed by atoms with E-state index in [0.29, 0.717) is 23.5 Å². The van der Waals surface area contributed by atoms with Crippen LogP contribution < -0.4 is 10.6 Å². The van der Waals surface area contributed by atoms with Gasteiger partial charge in [-0.2, -0.15) is 0 Å². The molecule has 0 unspecified atom stereocenters. The first-order chi connectivity index (χ1) is 12.8.